The van der Waals surface area contributed by atoms with E-state index < -0.39 is 0 Å². The monoisotopic (exact) mass is 470 g/mol. The van der Waals surface area contributed by atoms with Gasteiger partial charge in [-0.3, -0.25) is 9.69 Å². The number of halogens is 2. The zero-order valence-electron chi connectivity index (χ0n) is 17.8. The van der Waals surface area contributed by atoms with Crippen LogP contribution in [0.2, 0.25) is 10.0 Å². The molecule has 3 heterocycles. The van der Waals surface area contributed by atoms with Crippen molar-refractivity contribution in [2.75, 3.05) is 18.0 Å². The average Bonchev–Trinajstić information content (AvgIpc) is 3.37. The molecular weight excluding hydrogens is 447 g/mol. The van der Waals surface area contributed by atoms with Gasteiger partial charge < -0.3 is 9.42 Å². The number of aromatic nitrogens is 2. The van der Waals surface area contributed by atoms with Crippen LogP contribution in [0.1, 0.15) is 31.2 Å². The van der Waals surface area contributed by atoms with E-state index in [0.29, 0.717) is 33.9 Å². The molecule has 1 amide bonds. The summed E-state index contributed by atoms with van der Waals surface area (Å²) in [5, 5.41) is 5.12. The van der Waals surface area contributed by atoms with Crippen molar-refractivity contribution in [3.05, 3.63) is 64.0 Å². The molecule has 0 aliphatic carbocycles. The molecule has 1 aromatic heterocycles. The summed E-state index contributed by atoms with van der Waals surface area (Å²) in [6.07, 6.45) is 2.58. The van der Waals surface area contributed by atoms with Crippen LogP contribution in [-0.2, 0) is 17.8 Å². The van der Waals surface area contributed by atoms with Crippen LogP contribution in [0, 0.1) is 5.92 Å². The average molecular weight is 471 g/mol. The van der Waals surface area contributed by atoms with Crippen LogP contribution in [0.5, 0.6) is 0 Å². The van der Waals surface area contributed by atoms with E-state index >= 15 is 0 Å². The number of likely N-dealkylation sites (tertiary alicyclic amines) is 1. The fourth-order valence-corrected chi connectivity index (χ4v) is 5.22. The van der Waals surface area contributed by atoms with Crippen LogP contribution in [-0.4, -0.2) is 40.1 Å². The summed E-state index contributed by atoms with van der Waals surface area (Å²) in [6.45, 7) is 4.33. The summed E-state index contributed by atoms with van der Waals surface area (Å²) in [4.78, 5) is 22.1. The lowest BCUT2D eigenvalue weighted by Crippen LogP contribution is -2.44. The lowest BCUT2D eigenvalue weighted by molar-refractivity contribution is -0.124. The number of carbonyl (C=O) groups excluding carboxylic acids is 1. The largest absolute Gasteiger partial charge is 0.338 e. The highest BCUT2D eigenvalue weighted by Crippen LogP contribution is 2.35. The van der Waals surface area contributed by atoms with E-state index in [-0.39, 0.29) is 17.9 Å². The summed E-state index contributed by atoms with van der Waals surface area (Å²) in [7, 11) is 0. The van der Waals surface area contributed by atoms with E-state index in [2.05, 4.69) is 34.1 Å². The molecule has 2 aromatic carbocycles. The lowest BCUT2D eigenvalue weighted by Gasteiger charge is -2.34. The number of benzene rings is 2. The Morgan fingerprint density at radius 1 is 1.16 bits per heavy atom. The van der Waals surface area contributed by atoms with Crippen molar-refractivity contribution in [1.82, 2.24) is 15.0 Å². The second-order valence-electron chi connectivity index (χ2n) is 8.58. The molecule has 1 unspecified atom stereocenters. The normalized spacial score (nSPS) is 19.3. The lowest BCUT2D eigenvalue weighted by atomic mass is 9.95. The van der Waals surface area contributed by atoms with Gasteiger partial charge in [0, 0.05) is 28.2 Å². The third-order valence-electron chi connectivity index (χ3n) is 6.38. The van der Waals surface area contributed by atoms with Crippen LogP contribution in [0.3, 0.4) is 0 Å². The van der Waals surface area contributed by atoms with Crippen molar-refractivity contribution in [2.45, 2.75) is 38.8 Å². The predicted octanol–water partition coefficient (Wildman–Crippen LogP) is 5.23. The first-order chi connectivity index (χ1) is 15.5. The van der Waals surface area contributed by atoms with Crippen molar-refractivity contribution in [1.29, 1.82) is 0 Å². The van der Waals surface area contributed by atoms with Gasteiger partial charge in [-0.25, -0.2) is 0 Å². The Kier molecular flexibility index (Phi) is 5.93. The molecule has 5 rings (SSSR count). The quantitative estimate of drug-likeness (QED) is 0.521. The highest BCUT2D eigenvalue weighted by molar-refractivity contribution is 6.36. The van der Waals surface area contributed by atoms with Crippen molar-refractivity contribution >= 4 is 34.8 Å². The number of hydrogen-bond donors (Lipinski definition) is 0. The molecule has 6 nitrogen and oxygen atoms in total. The molecule has 0 spiro atoms. The Balaban J connectivity index is 1.20. The molecule has 1 fully saturated rings. The van der Waals surface area contributed by atoms with Gasteiger partial charge in [0.1, 0.15) is 0 Å². The molecule has 2 aliphatic heterocycles. The highest BCUT2D eigenvalue weighted by atomic mass is 35.5. The topological polar surface area (TPSA) is 62.5 Å². The number of hydrogen-bond acceptors (Lipinski definition) is 5. The number of carbonyl (C=O) groups is 1. The van der Waals surface area contributed by atoms with Gasteiger partial charge in [0.15, 0.2) is 0 Å². The maximum Gasteiger partial charge on any atom is 0.241 e. The zero-order chi connectivity index (χ0) is 22.2. The van der Waals surface area contributed by atoms with Crippen LogP contribution >= 0.6 is 23.2 Å². The number of amides is 1. The van der Waals surface area contributed by atoms with Crippen LogP contribution < -0.4 is 4.90 Å². The van der Waals surface area contributed by atoms with E-state index in [1.165, 1.54) is 5.56 Å². The van der Waals surface area contributed by atoms with Crippen molar-refractivity contribution in [3.63, 3.8) is 0 Å². The first-order valence-corrected chi connectivity index (χ1v) is 11.7. The van der Waals surface area contributed by atoms with Gasteiger partial charge in [-0.15, -0.1) is 0 Å². The summed E-state index contributed by atoms with van der Waals surface area (Å²) >= 11 is 12.2. The summed E-state index contributed by atoms with van der Waals surface area (Å²) in [5.74, 6) is 1.29. The van der Waals surface area contributed by atoms with E-state index in [1.54, 1.807) is 18.2 Å². The van der Waals surface area contributed by atoms with Crippen LogP contribution in [0.25, 0.3) is 11.4 Å². The van der Waals surface area contributed by atoms with Gasteiger partial charge in [-0.1, -0.05) is 46.6 Å². The molecule has 2 aliphatic rings. The molecule has 166 valence electrons. The Morgan fingerprint density at radius 2 is 1.94 bits per heavy atom. The minimum absolute atomic E-state index is 0.0472. The number of piperidine rings is 1. The molecule has 32 heavy (non-hydrogen) atoms. The molecule has 8 heteroatoms. The SMILES string of the molecule is CC1Cc2ccccc2N1C(=O)C1CCN(Cc2nc(-c3ccc(Cl)cc3Cl)no2)CC1. The number of rotatable bonds is 4. The van der Waals surface area contributed by atoms with Crippen molar-refractivity contribution in [2.24, 2.45) is 5.92 Å². The molecule has 0 bridgehead atoms. The van der Waals surface area contributed by atoms with Gasteiger partial charge in [-0.2, -0.15) is 4.98 Å². The van der Waals surface area contributed by atoms with Crippen molar-refractivity contribution < 1.29 is 9.32 Å². The summed E-state index contributed by atoms with van der Waals surface area (Å²) in [6, 6.07) is 13.7. The Hall–Kier alpha value is -2.41. The van der Waals surface area contributed by atoms with Gasteiger partial charge in [0.25, 0.3) is 0 Å². The Labute approximate surface area is 197 Å². The van der Waals surface area contributed by atoms with E-state index in [0.717, 1.165) is 38.0 Å². The van der Waals surface area contributed by atoms with Gasteiger partial charge >= 0.3 is 0 Å². The number of fused-ring (bicyclic) bond motifs is 1. The zero-order valence-corrected chi connectivity index (χ0v) is 19.3. The molecular formula is C24H24Cl2N4O2. The molecule has 0 N–H and O–H groups in total. The van der Waals surface area contributed by atoms with Gasteiger partial charge in [0.05, 0.1) is 11.6 Å². The van der Waals surface area contributed by atoms with Crippen LogP contribution in [0.15, 0.2) is 47.0 Å². The maximum atomic E-state index is 13.3. The third kappa shape index (κ3) is 4.15. The fourth-order valence-electron chi connectivity index (χ4n) is 4.73. The third-order valence-corrected chi connectivity index (χ3v) is 6.93. The number of para-hydroxylation sites is 1. The molecule has 0 radical (unpaired) electrons. The first-order valence-electron chi connectivity index (χ1n) is 10.9. The number of nitrogens with zero attached hydrogens (tertiary/aromatic N) is 4. The molecule has 1 atom stereocenters. The smallest absolute Gasteiger partial charge is 0.241 e. The summed E-state index contributed by atoms with van der Waals surface area (Å²) in [5.41, 5.74) is 3.03. The van der Waals surface area contributed by atoms with E-state index in [9.17, 15) is 4.79 Å². The number of anilines is 1. The Bertz CT molecular complexity index is 1140. The van der Waals surface area contributed by atoms with Crippen LogP contribution in [0.4, 0.5) is 5.69 Å². The van der Waals surface area contributed by atoms with Crippen molar-refractivity contribution in [3.8, 4) is 11.4 Å². The standard InChI is InChI=1S/C24H24Cl2N4O2/c1-15-12-17-4-2-3-5-21(17)30(15)24(31)16-8-10-29(11-9-16)14-22-27-23(28-32-22)19-7-6-18(25)13-20(19)26/h2-7,13,15-16H,8-12,14H2,1H3. The minimum atomic E-state index is 0.0472. The minimum Gasteiger partial charge on any atom is -0.338 e. The Morgan fingerprint density at radius 3 is 2.72 bits per heavy atom. The van der Waals surface area contributed by atoms with Gasteiger partial charge in [-0.05, 0) is 69.1 Å². The second kappa shape index (κ2) is 8.85. The fraction of sp³-hybridized carbons (Fsp3) is 0.375. The molecule has 1 saturated heterocycles. The molecule has 0 saturated carbocycles. The van der Waals surface area contributed by atoms with E-state index in [1.807, 2.05) is 17.0 Å². The predicted molar refractivity (Wildman–Crippen MR) is 125 cm³/mol. The second-order valence-corrected chi connectivity index (χ2v) is 9.42. The highest BCUT2D eigenvalue weighted by Gasteiger charge is 2.36. The van der Waals surface area contributed by atoms with Gasteiger partial charge in [0.2, 0.25) is 17.6 Å². The first kappa shape index (κ1) is 21.4. The molecule has 3 aromatic rings. The summed E-state index contributed by atoms with van der Waals surface area (Å²) < 4.78 is 5.45. The van der Waals surface area contributed by atoms with E-state index in [4.69, 9.17) is 27.7 Å². The maximum absolute atomic E-state index is 13.3.